The Bertz CT molecular complexity index is 636. The van der Waals surface area contributed by atoms with E-state index in [1.165, 1.54) is 30.5 Å². The zero-order chi connectivity index (χ0) is 14.4. The third-order valence-corrected chi connectivity index (χ3v) is 2.45. The molecule has 6 nitrogen and oxygen atoms in total. The van der Waals surface area contributed by atoms with Crippen molar-refractivity contribution in [3.63, 3.8) is 0 Å². The van der Waals surface area contributed by atoms with E-state index >= 15 is 0 Å². The van der Waals surface area contributed by atoms with Crippen LogP contribution in [0.4, 0.5) is 5.69 Å². The van der Waals surface area contributed by atoms with Gasteiger partial charge in [0.15, 0.2) is 0 Å². The highest BCUT2D eigenvalue weighted by molar-refractivity contribution is 5.90. The lowest BCUT2D eigenvalue weighted by atomic mass is 10.2. The van der Waals surface area contributed by atoms with Crippen LogP contribution >= 0.6 is 0 Å². The molecule has 0 atom stereocenters. The lowest BCUT2D eigenvalue weighted by Crippen LogP contribution is -2.01. The first-order chi connectivity index (χ1) is 9.66. The second kappa shape index (κ2) is 6.24. The molecule has 2 rings (SSSR count). The van der Waals surface area contributed by atoms with E-state index in [0.29, 0.717) is 0 Å². The van der Waals surface area contributed by atoms with E-state index in [1.54, 1.807) is 0 Å². The largest absolute Gasteiger partial charge is 0.365 e. The van der Waals surface area contributed by atoms with Crippen LogP contribution in [-0.4, -0.2) is 17.1 Å². The van der Waals surface area contributed by atoms with Gasteiger partial charge >= 0.3 is 5.97 Å². The Labute approximate surface area is 114 Å². The van der Waals surface area contributed by atoms with Crippen molar-refractivity contribution in [2.24, 2.45) is 5.16 Å². The predicted molar refractivity (Wildman–Crippen MR) is 72.5 cm³/mol. The van der Waals surface area contributed by atoms with Crippen LogP contribution in [0.1, 0.15) is 15.9 Å². The monoisotopic (exact) mass is 270 g/mol. The summed E-state index contributed by atoms with van der Waals surface area (Å²) in [6.07, 6.45) is 1.41. The number of hydrogen-bond donors (Lipinski definition) is 0. The quantitative estimate of drug-likeness (QED) is 0.370. The number of non-ortho nitro benzene ring substituents is 1. The van der Waals surface area contributed by atoms with Gasteiger partial charge in [0.05, 0.1) is 16.7 Å². The summed E-state index contributed by atoms with van der Waals surface area (Å²) in [6, 6.07) is 14.2. The second-order valence-corrected chi connectivity index (χ2v) is 3.83. The number of oxime groups is 1. The number of benzene rings is 2. The minimum Gasteiger partial charge on any atom is -0.313 e. The average Bonchev–Trinajstić information content (AvgIpc) is 2.48. The SMILES string of the molecule is O=C(O/N=C/c1ccccc1)c1ccc([N+](=O)[O-])cc1. The lowest BCUT2D eigenvalue weighted by molar-refractivity contribution is -0.384. The molecule has 0 aliphatic heterocycles. The first-order valence-electron chi connectivity index (χ1n) is 5.71. The van der Waals surface area contributed by atoms with Crippen LogP contribution in [0.5, 0.6) is 0 Å². The molecule has 0 bridgehead atoms. The van der Waals surface area contributed by atoms with Crippen LogP contribution in [0.25, 0.3) is 0 Å². The molecule has 0 radical (unpaired) electrons. The van der Waals surface area contributed by atoms with E-state index in [1.807, 2.05) is 30.3 Å². The highest BCUT2D eigenvalue weighted by atomic mass is 16.7. The minimum atomic E-state index is -0.674. The van der Waals surface area contributed by atoms with E-state index in [-0.39, 0.29) is 11.3 Å². The summed E-state index contributed by atoms with van der Waals surface area (Å²) in [5.74, 6) is -0.674. The van der Waals surface area contributed by atoms with E-state index in [2.05, 4.69) is 5.16 Å². The molecule has 100 valence electrons. The molecular formula is C14H10N2O4. The molecule has 0 aliphatic carbocycles. The summed E-state index contributed by atoms with van der Waals surface area (Å²) >= 11 is 0. The molecule has 0 amide bonds. The van der Waals surface area contributed by atoms with Crippen molar-refractivity contribution < 1.29 is 14.6 Å². The standard InChI is InChI=1S/C14H10N2O4/c17-14(12-6-8-13(9-7-12)16(18)19)20-15-10-11-4-2-1-3-5-11/h1-10H/b15-10+. The van der Waals surface area contributed by atoms with Gasteiger partial charge in [-0.25, -0.2) is 4.79 Å². The first-order valence-corrected chi connectivity index (χ1v) is 5.71. The van der Waals surface area contributed by atoms with Crippen LogP contribution in [0.2, 0.25) is 0 Å². The molecule has 0 aliphatic rings. The normalized spacial score (nSPS) is 10.4. The molecule has 0 saturated heterocycles. The van der Waals surface area contributed by atoms with Gasteiger partial charge in [0, 0.05) is 12.1 Å². The fraction of sp³-hybridized carbons (Fsp3) is 0. The van der Waals surface area contributed by atoms with Crippen molar-refractivity contribution in [3.05, 3.63) is 75.8 Å². The molecule has 20 heavy (non-hydrogen) atoms. The number of carbonyl (C=O) groups excluding carboxylic acids is 1. The Morgan fingerprint density at radius 1 is 1.10 bits per heavy atom. The Morgan fingerprint density at radius 2 is 1.75 bits per heavy atom. The van der Waals surface area contributed by atoms with Gasteiger partial charge < -0.3 is 4.84 Å². The van der Waals surface area contributed by atoms with E-state index in [0.717, 1.165) is 5.56 Å². The Morgan fingerprint density at radius 3 is 2.35 bits per heavy atom. The maximum Gasteiger partial charge on any atom is 0.365 e. The van der Waals surface area contributed by atoms with Gasteiger partial charge in [-0.15, -0.1) is 0 Å². The van der Waals surface area contributed by atoms with Crippen LogP contribution in [0.3, 0.4) is 0 Å². The molecular weight excluding hydrogens is 260 g/mol. The van der Waals surface area contributed by atoms with Gasteiger partial charge in [0.1, 0.15) is 0 Å². The highest BCUT2D eigenvalue weighted by Crippen LogP contribution is 2.12. The third kappa shape index (κ3) is 3.49. The molecule has 0 aromatic heterocycles. The Hall–Kier alpha value is -3.02. The van der Waals surface area contributed by atoms with Crippen molar-refractivity contribution in [2.75, 3.05) is 0 Å². The average molecular weight is 270 g/mol. The fourth-order valence-electron chi connectivity index (χ4n) is 1.45. The van der Waals surface area contributed by atoms with Crippen molar-refractivity contribution in [1.29, 1.82) is 0 Å². The third-order valence-electron chi connectivity index (χ3n) is 2.45. The lowest BCUT2D eigenvalue weighted by Gasteiger charge is -1.97. The van der Waals surface area contributed by atoms with Gasteiger partial charge in [0.25, 0.3) is 5.69 Å². The number of hydrogen-bond acceptors (Lipinski definition) is 5. The number of nitro groups is 1. The van der Waals surface area contributed by atoms with Crippen LogP contribution in [-0.2, 0) is 4.84 Å². The van der Waals surface area contributed by atoms with Crippen molar-refractivity contribution in [1.82, 2.24) is 0 Å². The number of nitro benzene ring substituents is 1. The zero-order valence-electron chi connectivity index (χ0n) is 10.3. The molecule has 0 saturated carbocycles. The molecule has 2 aromatic rings. The number of nitrogens with zero attached hydrogens (tertiary/aromatic N) is 2. The van der Waals surface area contributed by atoms with Gasteiger partial charge in [0.2, 0.25) is 0 Å². The predicted octanol–water partition coefficient (Wildman–Crippen LogP) is 2.79. The van der Waals surface area contributed by atoms with Gasteiger partial charge in [-0.2, -0.15) is 0 Å². The van der Waals surface area contributed by atoms with Gasteiger partial charge in [-0.1, -0.05) is 35.5 Å². The summed E-state index contributed by atoms with van der Waals surface area (Å²) < 4.78 is 0. The molecule has 2 aromatic carbocycles. The van der Waals surface area contributed by atoms with Crippen molar-refractivity contribution >= 4 is 17.9 Å². The Kier molecular flexibility index (Phi) is 4.18. The molecule has 6 heteroatoms. The van der Waals surface area contributed by atoms with Crippen molar-refractivity contribution in [3.8, 4) is 0 Å². The van der Waals surface area contributed by atoms with E-state index < -0.39 is 10.9 Å². The van der Waals surface area contributed by atoms with Crippen LogP contribution < -0.4 is 0 Å². The first kappa shape index (κ1) is 13.4. The zero-order valence-corrected chi connectivity index (χ0v) is 10.3. The summed E-state index contributed by atoms with van der Waals surface area (Å²) in [5, 5.41) is 14.0. The number of rotatable bonds is 4. The molecule has 0 unspecified atom stereocenters. The fourth-order valence-corrected chi connectivity index (χ4v) is 1.45. The summed E-state index contributed by atoms with van der Waals surface area (Å²) in [6.45, 7) is 0. The summed E-state index contributed by atoms with van der Waals surface area (Å²) in [5.41, 5.74) is 0.902. The summed E-state index contributed by atoms with van der Waals surface area (Å²) in [4.78, 5) is 26.2. The maximum atomic E-state index is 11.6. The summed E-state index contributed by atoms with van der Waals surface area (Å²) in [7, 11) is 0. The molecule has 0 spiro atoms. The minimum absolute atomic E-state index is 0.0886. The van der Waals surface area contributed by atoms with E-state index in [4.69, 9.17) is 4.84 Å². The smallest absolute Gasteiger partial charge is 0.313 e. The topological polar surface area (TPSA) is 81.8 Å². The molecule has 0 N–H and O–H groups in total. The molecule has 0 heterocycles. The number of carbonyl (C=O) groups is 1. The van der Waals surface area contributed by atoms with Gasteiger partial charge in [-0.05, 0) is 17.7 Å². The van der Waals surface area contributed by atoms with Gasteiger partial charge in [-0.3, -0.25) is 10.1 Å². The van der Waals surface area contributed by atoms with Crippen molar-refractivity contribution in [2.45, 2.75) is 0 Å². The maximum absolute atomic E-state index is 11.6. The van der Waals surface area contributed by atoms with Crippen LogP contribution in [0.15, 0.2) is 59.8 Å². The highest BCUT2D eigenvalue weighted by Gasteiger charge is 2.10. The van der Waals surface area contributed by atoms with Crippen LogP contribution in [0, 0.1) is 10.1 Å². The van der Waals surface area contributed by atoms with E-state index in [9.17, 15) is 14.9 Å². The molecule has 0 fully saturated rings. The second-order valence-electron chi connectivity index (χ2n) is 3.83. The Balaban J connectivity index is 1.98.